The van der Waals surface area contributed by atoms with Crippen molar-refractivity contribution >= 4 is 11.7 Å². The van der Waals surface area contributed by atoms with Crippen LogP contribution in [0.3, 0.4) is 0 Å². The highest BCUT2D eigenvalue weighted by molar-refractivity contribution is 5.71. The number of hydrogen-bond donors (Lipinski definition) is 2. The lowest BCUT2D eigenvalue weighted by atomic mass is 9.69. The summed E-state index contributed by atoms with van der Waals surface area (Å²) in [6.07, 6.45) is 0.0106. The number of anilines is 1. The van der Waals surface area contributed by atoms with Gasteiger partial charge in [0.2, 0.25) is 0 Å². The van der Waals surface area contributed by atoms with Crippen LogP contribution < -0.4 is 5.32 Å². The van der Waals surface area contributed by atoms with Gasteiger partial charge >= 0.3 is 5.97 Å². The van der Waals surface area contributed by atoms with Crippen molar-refractivity contribution in [1.82, 2.24) is 0 Å². The number of carbonyl (C=O) groups is 1. The lowest BCUT2D eigenvalue weighted by molar-refractivity contribution is -0.136. The van der Waals surface area contributed by atoms with E-state index in [1.807, 2.05) is 42.5 Å². The van der Waals surface area contributed by atoms with Gasteiger partial charge < -0.3 is 10.4 Å². The molecule has 0 spiro atoms. The third-order valence-electron chi connectivity index (χ3n) is 5.64. The Balaban J connectivity index is 1.80. The first kappa shape index (κ1) is 20.4. The monoisotopic (exact) mass is 407 g/mol. The minimum atomic E-state index is -0.829. The topological polar surface area (TPSA) is 49.3 Å². The summed E-state index contributed by atoms with van der Waals surface area (Å²) in [4.78, 5) is 11.1. The normalized spacial score (nSPS) is 11.1. The Morgan fingerprint density at radius 1 is 0.677 bits per heavy atom. The summed E-state index contributed by atoms with van der Waals surface area (Å²) >= 11 is 0. The molecule has 4 aromatic carbocycles. The highest BCUT2D eigenvalue weighted by Gasteiger charge is 2.36. The summed E-state index contributed by atoms with van der Waals surface area (Å²) in [5.41, 5.74) is 4.87. The van der Waals surface area contributed by atoms with Crippen molar-refractivity contribution in [1.29, 1.82) is 0 Å². The average Bonchev–Trinajstić information content (AvgIpc) is 2.81. The van der Waals surface area contributed by atoms with Crippen molar-refractivity contribution in [2.45, 2.75) is 11.8 Å². The second kappa shape index (κ2) is 9.31. The molecule has 0 heterocycles. The Hall–Kier alpha value is -3.85. The van der Waals surface area contributed by atoms with Crippen molar-refractivity contribution < 1.29 is 9.90 Å². The molecule has 0 aliphatic rings. The van der Waals surface area contributed by atoms with Gasteiger partial charge in [0.25, 0.3) is 0 Å². The smallest absolute Gasteiger partial charge is 0.307 e. The molecule has 0 aliphatic heterocycles. The molecule has 0 unspecified atom stereocenters. The van der Waals surface area contributed by atoms with E-state index in [1.165, 1.54) is 16.7 Å². The molecular formula is C28H25NO2. The van der Waals surface area contributed by atoms with Crippen LogP contribution in [-0.2, 0) is 16.6 Å². The number of carboxylic acids is 1. The fourth-order valence-electron chi connectivity index (χ4n) is 4.17. The second-order valence-electron chi connectivity index (χ2n) is 7.63. The molecule has 3 heteroatoms. The summed E-state index contributed by atoms with van der Waals surface area (Å²) in [5.74, 6) is -0.829. The molecule has 0 saturated heterocycles. The molecule has 31 heavy (non-hydrogen) atoms. The molecule has 0 fully saturated rings. The third-order valence-corrected chi connectivity index (χ3v) is 5.64. The maximum Gasteiger partial charge on any atom is 0.307 e. The molecule has 0 radical (unpaired) electrons. The lowest BCUT2D eigenvalue weighted by Gasteiger charge is -2.36. The van der Waals surface area contributed by atoms with Gasteiger partial charge in [0, 0.05) is 12.2 Å². The first-order chi connectivity index (χ1) is 15.2. The molecule has 0 aromatic heterocycles. The van der Waals surface area contributed by atoms with E-state index in [1.54, 1.807) is 0 Å². The zero-order valence-corrected chi connectivity index (χ0v) is 17.2. The third kappa shape index (κ3) is 4.51. The van der Waals surface area contributed by atoms with Crippen molar-refractivity contribution in [2.24, 2.45) is 0 Å². The first-order valence-corrected chi connectivity index (χ1v) is 10.4. The van der Waals surface area contributed by atoms with Gasteiger partial charge in [-0.1, -0.05) is 103 Å². The van der Waals surface area contributed by atoms with E-state index in [0.717, 1.165) is 11.3 Å². The molecule has 4 rings (SSSR count). The molecular weight excluding hydrogens is 382 g/mol. The van der Waals surface area contributed by atoms with Crippen LogP contribution in [0, 0.1) is 0 Å². The number of hydrogen-bond acceptors (Lipinski definition) is 2. The van der Waals surface area contributed by atoms with Crippen molar-refractivity contribution in [3.63, 3.8) is 0 Å². The van der Waals surface area contributed by atoms with Crippen molar-refractivity contribution in [3.8, 4) is 0 Å². The van der Waals surface area contributed by atoms with E-state index >= 15 is 0 Å². The van der Waals surface area contributed by atoms with Crippen LogP contribution in [-0.4, -0.2) is 17.6 Å². The van der Waals surface area contributed by atoms with Gasteiger partial charge in [-0.05, 0) is 34.4 Å². The van der Waals surface area contributed by atoms with Crippen LogP contribution in [0.4, 0.5) is 5.69 Å². The Morgan fingerprint density at radius 3 is 1.61 bits per heavy atom. The van der Waals surface area contributed by atoms with Crippen LogP contribution in [0.25, 0.3) is 0 Å². The highest BCUT2D eigenvalue weighted by atomic mass is 16.4. The largest absolute Gasteiger partial charge is 0.481 e. The van der Waals surface area contributed by atoms with Crippen LogP contribution in [0.2, 0.25) is 0 Å². The van der Waals surface area contributed by atoms with Crippen LogP contribution in [0.1, 0.15) is 22.3 Å². The minimum absolute atomic E-state index is 0.0106. The summed E-state index contributed by atoms with van der Waals surface area (Å²) in [5, 5.41) is 12.7. The van der Waals surface area contributed by atoms with Gasteiger partial charge in [0.15, 0.2) is 0 Å². The number of rotatable bonds is 8. The maximum atomic E-state index is 11.1. The predicted octanol–water partition coefficient (Wildman–Crippen LogP) is 5.76. The minimum Gasteiger partial charge on any atom is -0.481 e. The Labute approximate surface area is 183 Å². The van der Waals surface area contributed by atoms with Crippen LogP contribution in [0.15, 0.2) is 115 Å². The van der Waals surface area contributed by atoms with Gasteiger partial charge in [0.1, 0.15) is 0 Å². The van der Waals surface area contributed by atoms with E-state index in [-0.39, 0.29) is 6.42 Å². The van der Waals surface area contributed by atoms with Gasteiger partial charge in [0.05, 0.1) is 11.8 Å². The van der Waals surface area contributed by atoms with Gasteiger partial charge in [-0.25, -0.2) is 0 Å². The number of nitrogens with one attached hydrogen (secondary N) is 1. The Kier molecular flexibility index (Phi) is 6.13. The molecule has 0 saturated carbocycles. The van der Waals surface area contributed by atoms with Crippen LogP contribution >= 0.6 is 0 Å². The average molecular weight is 408 g/mol. The van der Waals surface area contributed by atoms with E-state index in [9.17, 15) is 4.79 Å². The zero-order valence-electron chi connectivity index (χ0n) is 17.2. The molecule has 154 valence electrons. The SMILES string of the molecule is O=C(O)Cc1cccc(NCC(c2ccccc2)(c2ccccc2)c2ccccc2)c1. The second-order valence-corrected chi connectivity index (χ2v) is 7.63. The predicted molar refractivity (Wildman–Crippen MR) is 125 cm³/mol. The first-order valence-electron chi connectivity index (χ1n) is 10.4. The Morgan fingerprint density at radius 2 is 1.16 bits per heavy atom. The van der Waals surface area contributed by atoms with E-state index in [2.05, 4.69) is 78.1 Å². The molecule has 0 bridgehead atoms. The van der Waals surface area contributed by atoms with Gasteiger partial charge in [-0.15, -0.1) is 0 Å². The zero-order chi connectivity index (χ0) is 21.5. The van der Waals surface area contributed by atoms with E-state index < -0.39 is 11.4 Å². The molecule has 0 amide bonds. The van der Waals surface area contributed by atoms with E-state index in [4.69, 9.17) is 5.11 Å². The molecule has 4 aromatic rings. The van der Waals surface area contributed by atoms with Crippen molar-refractivity contribution in [3.05, 3.63) is 138 Å². The summed E-state index contributed by atoms with van der Waals surface area (Å²) in [6.45, 7) is 0.627. The van der Waals surface area contributed by atoms with E-state index in [0.29, 0.717) is 6.54 Å². The van der Waals surface area contributed by atoms with Crippen molar-refractivity contribution in [2.75, 3.05) is 11.9 Å². The molecule has 0 aliphatic carbocycles. The number of benzene rings is 4. The highest BCUT2D eigenvalue weighted by Crippen LogP contribution is 2.39. The van der Waals surface area contributed by atoms with Crippen LogP contribution in [0.5, 0.6) is 0 Å². The fraction of sp³-hybridized carbons (Fsp3) is 0.107. The lowest BCUT2D eigenvalue weighted by Crippen LogP contribution is -2.37. The number of carboxylic acid groups (broad SMARTS) is 1. The molecule has 2 N–H and O–H groups in total. The molecule has 3 nitrogen and oxygen atoms in total. The Bertz CT molecular complexity index is 1030. The van der Waals surface area contributed by atoms with Gasteiger partial charge in [-0.3, -0.25) is 4.79 Å². The van der Waals surface area contributed by atoms with Gasteiger partial charge in [-0.2, -0.15) is 0 Å². The summed E-state index contributed by atoms with van der Waals surface area (Å²) in [7, 11) is 0. The maximum absolute atomic E-state index is 11.1. The number of aliphatic carboxylic acids is 1. The molecule has 0 atom stereocenters. The standard InChI is InChI=1S/C28H25NO2/c30-27(31)20-22-11-10-18-26(19-22)29-21-28(23-12-4-1-5-13-23,24-14-6-2-7-15-24)25-16-8-3-9-17-25/h1-19,29H,20-21H2,(H,30,31). The quantitative estimate of drug-likeness (QED) is 0.365. The summed E-state index contributed by atoms with van der Waals surface area (Å²) in [6, 6.07) is 39.2. The fourth-order valence-corrected chi connectivity index (χ4v) is 4.17. The summed E-state index contributed by atoms with van der Waals surface area (Å²) < 4.78 is 0.